The predicted octanol–water partition coefficient (Wildman–Crippen LogP) is 2.01. The highest BCUT2D eigenvalue weighted by molar-refractivity contribution is 5.82. The highest BCUT2D eigenvalue weighted by Gasteiger charge is 2.07. The van der Waals surface area contributed by atoms with Crippen LogP contribution in [0.3, 0.4) is 0 Å². The molecule has 2 N–H and O–H groups in total. The second-order valence-corrected chi connectivity index (χ2v) is 4.11. The number of rotatable bonds is 6. The van der Waals surface area contributed by atoms with Crippen molar-refractivity contribution in [2.24, 2.45) is 5.10 Å². The highest BCUT2D eigenvalue weighted by atomic mass is 16.4. The quantitative estimate of drug-likeness (QED) is 0.559. The number of amides is 1. The van der Waals surface area contributed by atoms with E-state index >= 15 is 0 Å². The number of hydrogen-bond donors (Lipinski definition) is 2. The Morgan fingerprint density at radius 3 is 2.78 bits per heavy atom. The van der Waals surface area contributed by atoms with Crippen molar-refractivity contribution in [3.05, 3.63) is 23.3 Å². The van der Waals surface area contributed by atoms with Crippen LogP contribution in [0.15, 0.2) is 28.4 Å². The van der Waals surface area contributed by atoms with Gasteiger partial charge in [0.15, 0.2) is 0 Å². The zero-order chi connectivity index (χ0) is 13.4. The Labute approximate surface area is 106 Å². The molecule has 0 bridgehead atoms. The van der Waals surface area contributed by atoms with Gasteiger partial charge in [-0.2, -0.15) is 5.10 Å². The monoisotopic (exact) mass is 250 g/mol. The lowest BCUT2D eigenvalue weighted by molar-refractivity contribution is -0.137. The van der Waals surface area contributed by atoms with Crippen molar-refractivity contribution in [1.29, 1.82) is 0 Å². The van der Waals surface area contributed by atoms with Crippen molar-refractivity contribution in [3.63, 3.8) is 0 Å². The van der Waals surface area contributed by atoms with E-state index in [4.69, 9.17) is 5.11 Å². The zero-order valence-corrected chi connectivity index (χ0v) is 10.5. The topological polar surface area (TPSA) is 78.8 Å². The number of carbonyl (C=O) groups excluding carboxylic acids is 1. The molecule has 1 aliphatic carbocycles. The minimum atomic E-state index is -0.769. The van der Waals surface area contributed by atoms with E-state index in [2.05, 4.69) is 10.5 Å². The fourth-order valence-electron chi connectivity index (χ4n) is 1.55. The maximum Gasteiger partial charge on any atom is 0.303 e. The molecule has 5 nitrogen and oxygen atoms in total. The van der Waals surface area contributed by atoms with E-state index in [-0.39, 0.29) is 12.3 Å². The lowest BCUT2D eigenvalue weighted by atomic mass is 9.96. The van der Waals surface area contributed by atoms with Crippen LogP contribution in [0.2, 0.25) is 0 Å². The van der Waals surface area contributed by atoms with Gasteiger partial charge in [-0.15, -0.1) is 0 Å². The van der Waals surface area contributed by atoms with E-state index in [1.54, 1.807) is 13.1 Å². The summed E-state index contributed by atoms with van der Waals surface area (Å²) in [5.41, 5.74) is 4.60. The van der Waals surface area contributed by atoms with Crippen LogP contribution in [0.5, 0.6) is 0 Å². The number of nitrogens with one attached hydrogen (secondary N) is 1. The van der Waals surface area contributed by atoms with Crippen LogP contribution < -0.4 is 5.43 Å². The van der Waals surface area contributed by atoms with E-state index in [0.29, 0.717) is 12.8 Å². The van der Waals surface area contributed by atoms with Gasteiger partial charge in [-0.25, -0.2) is 5.43 Å². The first-order valence-electron chi connectivity index (χ1n) is 6.04. The first-order valence-corrected chi connectivity index (χ1v) is 6.04. The van der Waals surface area contributed by atoms with Crippen LogP contribution in [-0.4, -0.2) is 23.2 Å². The van der Waals surface area contributed by atoms with Crippen molar-refractivity contribution < 1.29 is 14.7 Å². The molecule has 0 spiro atoms. The first kappa shape index (κ1) is 14.2. The molecule has 18 heavy (non-hydrogen) atoms. The Kier molecular flexibility index (Phi) is 5.84. The molecule has 0 aromatic heterocycles. The molecule has 5 heteroatoms. The zero-order valence-electron chi connectivity index (χ0n) is 10.5. The summed E-state index contributed by atoms with van der Waals surface area (Å²) in [5.74, 6) is -0.880. The normalized spacial score (nSPS) is 15.2. The molecule has 0 heterocycles. The van der Waals surface area contributed by atoms with Gasteiger partial charge in [-0.3, -0.25) is 9.59 Å². The Morgan fingerprint density at radius 2 is 2.22 bits per heavy atom. The summed E-state index contributed by atoms with van der Waals surface area (Å²) in [6, 6.07) is 0. The van der Waals surface area contributed by atoms with E-state index < -0.39 is 5.97 Å². The van der Waals surface area contributed by atoms with Crippen molar-refractivity contribution in [2.75, 3.05) is 0 Å². The molecule has 1 amide bonds. The van der Waals surface area contributed by atoms with Crippen LogP contribution in [0.1, 0.15) is 39.0 Å². The smallest absolute Gasteiger partial charge is 0.303 e. The largest absolute Gasteiger partial charge is 0.481 e. The molecule has 0 atom stereocenters. The number of carboxylic acid groups (broad SMARTS) is 1. The summed E-state index contributed by atoms with van der Waals surface area (Å²) in [6.45, 7) is 1.77. The summed E-state index contributed by atoms with van der Waals surface area (Å²) < 4.78 is 0. The number of carbonyl (C=O) groups is 2. The Bertz CT molecular complexity index is 408. The van der Waals surface area contributed by atoms with Gasteiger partial charge in [0.25, 0.3) is 0 Å². The maximum atomic E-state index is 10.9. The van der Waals surface area contributed by atoms with Crippen molar-refractivity contribution in [1.82, 2.24) is 5.43 Å². The number of aliphatic carboxylic acids is 1. The molecule has 0 saturated carbocycles. The number of allylic oxidation sites excluding steroid dienone is 4. The standard InChI is InChI=1S/C13H18N2O3/c1-2-12(16)15-14-9-11-5-3-10(4-6-11)7-8-13(17)18/h3,5,9H,2,4,6-8H2,1H3,(H,15,16)(H,17,18)/b14-9+. The second kappa shape index (κ2) is 7.42. The number of nitrogens with zero attached hydrogens (tertiary/aromatic N) is 1. The molecule has 0 saturated heterocycles. The van der Waals surface area contributed by atoms with E-state index in [9.17, 15) is 9.59 Å². The molecular formula is C13H18N2O3. The van der Waals surface area contributed by atoms with Crippen LogP contribution in [0, 0.1) is 0 Å². The van der Waals surface area contributed by atoms with Crippen LogP contribution in [0.4, 0.5) is 0 Å². The number of hydrazone groups is 1. The average molecular weight is 250 g/mol. The van der Waals surface area contributed by atoms with Gasteiger partial charge in [-0.05, 0) is 24.8 Å². The molecule has 0 radical (unpaired) electrons. The molecule has 0 aliphatic heterocycles. The summed E-state index contributed by atoms with van der Waals surface area (Å²) in [4.78, 5) is 21.4. The minimum Gasteiger partial charge on any atom is -0.481 e. The van der Waals surface area contributed by atoms with Gasteiger partial charge >= 0.3 is 5.97 Å². The Balaban J connectivity index is 2.42. The molecule has 0 fully saturated rings. The lowest BCUT2D eigenvalue weighted by Crippen LogP contribution is -2.15. The fourth-order valence-corrected chi connectivity index (χ4v) is 1.55. The molecule has 1 rings (SSSR count). The summed E-state index contributed by atoms with van der Waals surface area (Å²) >= 11 is 0. The van der Waals surface area contributed by atoms with Gasteiger partial charge in [0.05, 0.1) is 6.21 Å². The summed E-state index contributed by atoms with van der Waals surface area (Å²) in [7, 11) is 0. The minimum absolute atomic E-state index is 0.111. The summed E-state index contributed by atoms with van der Waals surface area (Å²) in [6.07, 6.45) is 8.37. The average Bonchev–Trinajstić information content (AvgIpc) is 2.37. The first-order chi connectivity index (χ1) is 8.61. The van der Waals surface area contributed by atoms with Crippen LogP contribution in [-0.2, 0) is 9.59 Å². The van der Waals surface area contributed by atoms with Gasteiger partial charge in [0.2, 0.25) is 5.91 Å². The molecular weight excluding hydrogens is 232 g/mol. The third-order valence-corrected chi connectivity index (χ3v) is 2.67. The molecule has 0 aromatic rings. The SMILES string of the molecule is CCC(=O)N/N=C/C1=CC=C(CCC(=O)O)CC1. The van der Waals surface area contributed by atoms with Crippen molar-refractivity contribution >= 4 is 18.1 Å². The van der Waals surface area contributed by atoms with E-state index in [1.165, 1.54) is 0 Å². The van der Waals surface area contributed by atoms with Crippen molar-refractivity contribution in [3.8, 4) is 0 Å². The highest BCUT2D eigenvalue weighted by Crippen LogP contribution is 2.20. The van der Waals surface area contributed by atoms with Crippen LogP contribution >= 0.6 is 0 Å². The van der Waals surface area contributed by atoms with Gasteiger partial charge in [-0.1, -0.05) is 24.6 Å². The number of carboxylic acids is 1. The van der Waals surface area contributed by atoms with Crippen LogP contribution in [0.25, 0.3) is 0 Å². The Hall–Kier alpha value is -1.91. The fraction of sp³-hybridized carbons (Fsp3) is 0.462. The third-order valence-electron chi connectivity index (χ3n) is 2.67. The second-order valence-electron chi connectivity index (χ2n) is 4.11. The van der Waals surface area contributed by atoms with Gasteiger partial charge in [0.1, 0.15) is 0 Å². The molecule has 0 aromatic carbocycles. The molecule has 1 aliphatic rings. The van der Waals surface area contributed by atoms with Gasteiger partial charge in [0, 0.05) is 12.8 Å². The maximum absolute atomic E-state index is 10.9. The Morgan fingerprint density at radius 1 is 1.44 bits per heavy atom. The predicted molar refractivity (Wildman–Crippen MR) is 69.2 cm³/mol. The molecule has 0 unspecified atom stereocenters. The van der Waals surface area contributed by atoms with E-state index in [0.717, 1.165) is 24.0 Å². The summed E-state index contributed by atoms with van der Waals surface area (Å²) in [5, 5.41) is 12.4. The van der Waals surface area contributed by atoms with Gasteiger partial charge < -0.3 is 5.11 Å². The third kappa shape index (κ3) is 5.43. The van der Waals surface area contributed by atoms with Crippen molar-refractivity contribution in [2.45, 2.75) is 39.0 Å². The lowest BCUT2D eigenvalue weighted by Gasteiger charge is -2.11. The van der Waals surface area contributed by atoms with E-state index in [1.807, 2.05) is 12.2 Å². The number of hydrogen-bond acceptors (Lipinski definition) is 3. The molecule has 98 valence electrons.